The summed E-state index contributed by atoms with van der Waals surface area (Å²) < 4.78 is 30.2. The first-order valence-electron chi connectivity index (χ1n) is 6.16. The molecule has 0 unspecified atom stereocenters. The van der Waals surface area contributed by atoms with E-state index in [1.807, 2.05) is 13.0 Å². The lowest BCUT2D eigenvalue weighted by Crippen LogP contribution is -2.09. The Labute approximate surface area is 117 Å². The minimum absolute atomic E-state index is 0.0156. The molecule has 0 aliphatic carbocycles. The van der Waals surface area contributed by atoms with Gasteiger partial charge in [0, 0.05) is 6.20 Å². The van der Waals surface area contributed by atoms with Gasteiger partial charge in [-0.1, -0.05) is 17.7 Å². The Bertz CT molecular complexity index is 780. The predicted octanol–water partition coefficient (Wildman–Crippen LogP) is 2.60. The van der Waals surface area contributed by atoms with Crippen molar-refractivity contribution in [3.63, 3.8) is 0 Å². The van der Waals surface area contributed by atoms with Crippen LogP contribution in [0, 0.1) is 6.92 Å². The van der Waals surface area contributed by atoms with Crippen LogP contribution in [0.25, 0.3) is 6.08 Å². The smallest absolute Gasteiger partial charge is 0.206 e. The zero-order valence-corrected chi connectivity index (χ0v) is 11.7. The predicted molar refractivity (Wildman–Crippen MR) is 76.1 cm³/mol. The first-order valence-corrected chi connectivity index (χ1v) is 7.65. The molecular weight excluding hydrogens is 274 g/mol. The van der Waals surface area contributed by atoms with Crippen LogP contribution in [0.2, 0.25) is 0 Å². The van der Waals surface area contributed by atoms with Gasteiger partial charge in [0.25, 0.3) is 0 Å². The lowest BCUT2D eigenvalue weighted by atomic mass is 10.1. The van der Waals surface area contributed by atoms with Crippen molar-refractivity contribution in [1.82, 2.24) is 4.98 Å². The van der Waals surface area contributed by atoms with E-state index in [1.165, 1.54) is 0 Å². The number of aryl methyl sites for hydroxylation is 1. The minimum Gasteiger partial charge on any atom is -0.487 e. The van der Waals surface area contributed by atoms with Crippen LogP contribution in [-0.2, 0) is 9.84 Å². The third-order valence-electron chi connectivity index (χ3n) is 3.13. The van der Waals surface area contributed by atoms with Gasteiger partial charge >= 0.3 is 0 Å². The Morgan fingerprint density at radius 1 is 1.25 bits per heavy atom. The number of benzene rings is 1. The van der Waals surface area contributed by atoms with Crippen molar-refractivity contribution in [3.8, 4) is 5.75 Å². The van der Waals surface area contributed by atoms with E-state index in [2.05, 4.69) is 4.98 Å². The number of pyridine rings is 1. The molecule has 2 aromatic rings. The van der Waals surface area contributed by atoms with Crippen molar-refractivity contribution >= 4 is 15.9 Å². The Hall–Kier alpha value is -2.14. The number of sulfone groups is 1. The van der Waals surface area contributed by atoms with Gasteiger partial charge in [-0.15, -0.1) is 0 Å². The van der Waals surface area contributed by atoms with E-state index in [9.17, 15) is 8.42 Å². The van der Waals surface area contributed by atoms with Crippen molar-refractivity contribution < 1.29 is 13.2 Å². The third kappa shape index (κ3) is 2.20. The molecule has 1 aromatic carbocycles. The average Bonchev–Trinajstić information content (AvgIpc) is 2.68. The number of aromatic nitrogens is 1. The van der Waals surface area contributed by atoms with Crippen LogP contribution in [0.5, 0.6) is 5.75 Å². The summed E-state index contributed by atoms with van der Waals surface area (Å²) in [7, 11) is -3.42. The molecule has 20 heavy (non-hydrogen) atoms. The summed E-state index contributed by atoms with van der Waals surface area (Å²) in [6, 6.07) is 8.80. The lowest BCUT2D eigenvalue weighted by molar-refractivity contribution is 0.357. The van der Waals surface area contributed by atoms with E-state index in [0.717, 1.165) is 11.1 Å². The SMILES string of the molecule is Cc1ccc2c(c1)C=C(COc1cccnc1)S2(=O)=O. The fourth-order valence-corrected chi connectivity index (χ4v) is 3.58. The molecule has 1 aromatic heterocycles. The first-order chi connectivity index (χ1) is 9.57. The molecule has 0 saturated carbocycles. The summed E-state index contributed by atoms with van der Waals surface area (Å²) in [5.74, 6) is 0.552. The van der Waals surface area contributed by atoms with Gasteiger partial charge in [-0.05, 0) is 36.8 Å². The Kier molecular flexibility index (Phi) is 3.06. The molecule has 1 aliphatic heterocycles. The zero-order valence-electron chi connectivity index (χ0n) is 10.9. The highest BCUT2D eigenvalue weighted by Crippen LogP contribution is 2.33. The maximum Gasteiger partial charge on any atom is 0.206 e. The fraction of sp³-hybridized carbons (Fsp3) is 0.133. The Morgan fingerprint density at radius 3 is 2.85 bits per heavy atom. The van der Waals surface area contributed by atoms with Crippen molar-refractivity contribution in [2.24, 2.45) is 0 Å². The maximum atomic E-state index is 12.4. The number of hydrogen-bond donors (Lipinski definition) is 0. The van der Waals surface area contributed by atoms with E-state index in [4.69, 9.17) is 4.74 Å². The van der Waals surface area contributed by atoms with Gasteiger partial charge < -0.3 is 4.74 Å². The largest absolute Gasteiger partial charge is 0.487 e. The molecule has 0 bridgehead atoms. The van der Waals surface area contributed by atoms with E-state index in [-0.39, 0.29) is 11.5 Å². The van der Waals surface area contributed by atoms with Crippen molar-refractivity contribution in [3.05, 3.63) is 58.8 Å². The van der Waals surface area contributed by atoms with Crippen LogP contribution in [0.1, 0.15) is 11.1 Å². The normalized spacial score (nSPS) is 15.6. The van der Waals surface area contributed by atoms with E-state index in [1.54, 1.807) is 42.7 Å². The van der Waals surface area contributed by atoms with Crippen LogP contribution < -0.4 is 4.74 Å². The molecule has 0 radical (unpaired) electrons. The first kappa shape index (κ1) is 12.9. The Morgan fingerprint density at radius 2 is 2.10 bits per heavy atom. The number of fused-ring (bicyclic) bond motifs is 1. The topological polar surface area (TPSA) is 56.3 Å². The maximum absolute atomic E-state index is 12.4. The number of rotatable bonds is 3. The van der Waals surface area contributed by atoms with Gasteiger partial charge in [-0.2, -0.15) is 0 Å². The van der Waals surface area contributed by atoms with Gasteiger partial charge in [0.1, 0.15) is 12.4 Å². The summed E-state index contributed by atoms with van der Waals surface area (Å²) in [6.07, 6.45) is 4.87. The van der Waals surface area contributed by atoms with Crippen molar-refractivity contribution in [2.45, 2.75) is 11.8 Å². The molecule has 102 valence electrons. The average molecular weight is 287 g/mol. The van der Waals surface area contributed by atoms with Gasteiger partial charge in [0.2, 0.25) is 9.84 Å². The van der Waals surface area contributed by atoms with Crippen LogP contribution in [0.4, 0.5) is 0 Å². The molecule has 0 N–H and O–H groups in total. The molecule has 2 heterocycles. The van der Waals surface area contributed by atoms with E-state index >= 15 is 0 Å². The second-order valence-corrected chi connectivity index (χ2v) is 6.60. The summed E-state index contributed by atoms with van der Waals surface area (Å²) in [6.45, 7) is 1.95. The highest BCUT2D eigenvalue weighted by Gasteiger charge is 2.29. The molecule has 1 aliphatic rings. The highest BCUT2D eigenvalue weighted by atomic mass is 32.2. The van der Waals surface area contributed by atoms with Crippen molar-refractivity contribution in [2.75, 3.05) is 6.61 Å². The summed E-state index contributed by atoms with van der Waals surface area (Å²) in [5.41, 5.74) is 1.76. The second-order valence-electron chi connectivity index (χ2n) is 4.63. The lowest BCUT2D eigenvalue weighted by Gasteiger charge is -2.06. The number of ether oxygens (including phenoxy) is 1. The standard InChI is InChI=1S/C15H13NO3S/c1-11-4-5-15-12(7-11)8-14(20(15,17)18)10-19-13-3-2-6-16-9-13/h2-9H,10H2,1H3. The van der Waals surface area contributed by atoms with E-state index < -0.39 is 9.84 Å². The molecule has 0 amide bonds. The van der Waals surface area contributed by atoms with Crippen LogP contribution in [0.15, 0.2) is 52.5 Å². The molecule has 3 rings (SSSR count). The molecule has 0 saturated heterocycles. The van der Waals surface area contributed by atoms with Crippen LogP contribution in [0.3, 0.4) is 0 Å². The molecule has 5 heteroatoms. The summed E-state index contributed by atoms with van der Waals surface area (Å²) in [5, 5.41) is 0. The summed E-state index contributed by atoms with van der Waals surface area (Å²) >= 11 is 0. The van der Waals surface area contributed by atoms with Gasteiger partial charge in [-0.25, -0.2) is 8.42 Å². The van der Waals surface area contributed by atoms with Gasteiger partial charge in [0.15, 0.2) is 0 Å². The van der Waals surface area contributed by atoms with Gasteiger partial charge in [-0.3, -0.25) is 4.98 Å². The fourth-order valence-electron chi connectivity index (χ4n) is 2.12. The molecule has 0 fully saturated rings. The number of hydrogen-bond acceptors (Lipinski definition) is 4. The van der Waals surface area contributed by atoms with Gasteiger partial charge in [0.05, 0.1) is 16.0 Å². The van der Waals surface area contributed by atoms with E-state index in [0.29, 0.717) is 10.6 Å². The van der Waals surface area contributed by atoms with Crippen LogP contribution >= 0.6 is 0 Å². The zero-order chi connectivity index (χ0) is 14.2. The molecule has 0 atom stereocenters. The quantitative estimate of drug-likeness (QED) is 0.870. The number of nitrogens with zero attached hydrogens (tertiary/aromatic N) is 1. The summed E-state index contributed by atoms with van der Waals surface area (Å²) in [4.78, 5) is 4.56. The molecule has 0 spiro atoms. The third-order valence-corrected chi connectivity index (χ3v) is 5.01. The van der Waals surface area contributed by atoms with Crippen LogP contribution in [-0.4, -0.2) is 20.0 Å². The van der Waals surface area contributed by atoms with Crippen molar-refractivity contribution in [1.29, 1.82) is 0 Å². The molecular formula is C15H13NO3S. The minimum atomic E-state index is -3.42. The molecule has 4 nitrogen and oxygen atoms in total. The monoisotopic (exact) mass is 287 g/mol. The highest BCUT2D eigenvalue weighted by molar-refractivity contribution is 7.95. The second kappa shape index (κ2) is 4.76. The Balaban J connectivity index is 1.87.